The molecule has 0 amide bonds. The number of thioether (sulfide) groups is 1. The first-order valence-electron chi connectivity index (χ1n) is 6.54. The molecular weight excluding hydrogens is 292 g/mol. The molecule has 0 aliphatic heterocycles. The molecule has 0 saturated heterocycles. The number of nitrogens with two attached hydrogens (primary N) is 1. The normalized spacial score (nSPS) is 14.0. The van der Waals surface area contributed by atoms with Gasteiger partial charge in [-0.1, -0.05) is 24.3 Å². The number of benzene rings is 2. The first kappa shape index (κ1) is 15.9. The minimum absolute atomic E-state index is 0.0619. The van der Waals surface area contributed by atoms with Crippen LogP contribution >= 0.6 is 11.8 Å². The second kappa shape index (κ2) is 7.02. The van der Waals surface area contributed by atoms with Gasteiger partial charge in [-0.15, -0.1) is 11.8 Å². The van der Waals surface area contributed by atoms with E-state index in [-0.39, 0.29) is 12.1 Å². The third-order valence-corrected chi connectivity index (χ3v) is 4.27. The zero-order chi connectivity index (χ0) is 15.4. The van der Waals surface area contributed by atoms with Gasteiger partial charge in [0, 0.05) is 23.4 Å². The van der Waals surface area contributed by atoms with E-state index in [1.165, 1.54) is 23.9 Å². The van der Waals surface area contributed by atoms with Crippen LogP contribution in [-0.2, 0) is 0 Å². The number of halogens is 2. The molecule has 0 radical (unpaired) electrons. The molecule has 5 heteroatoms. The maximum atomic E-state index is 13.9. The maximum Gasteiger partial charge on any atom is 0.129 e. The Kier molecular flexibility index (Phi) is 5.33. The highest BCUT2D eigenvalue weighted by atomic mass is 32.2. The van der Waals surface area contributed by atoms with Gasteiger partial charge in [-0.3, -0.25) is 0 Å². The Labute approximate surface area is 127 Å². The zero-order valence-electron chi connectivity index (χ0n) is 11.6. The van der Waals surface area contributed by atoms with Crippen LogP contribution in [0.1, 0.15) is 23.1 Å². The van der Waals surface area contributed by atoms with Crippen LogP contribution in [0.25, 0.3) is 0 Å². The minimum atomic E-state index is -0.946. The van der Waals surface area contributed by atoms with Crippen molar-refractivity contribution in [1.82, 2.24) is 0 Å². The topological polar surface area (TPSA) is 46.2 Å². The standard InChI is InChI=1S/C16H17F2NOS/c1-21-15-5-3-2-4-12(15)16(20)13(9-19)11-7-6-10(17)8-14(11)18/h2-8,13,16,20H,9,19H2,1H3. The first-order chi connectivity index (χ1) is 10.1. The molecule has 0 spiro atoms. The minimum Gasteiger partial charge on any atom is -0.388 e. The van der Waals surface area contributed by atoms with E-state index in [4.69, 9.17) is 5.73 Å². The van der Waals surface area contributed by atoms with E-state index in [0.29, 0.717) is 5.56 Å². The number of rotatable bonds is 5. The van der Waals surface area contributed by atoms with Crippen molar-refractivity contribution >= 4 is 11.8 Å². The maximum absolute atomic E-state index is 13.9. The Morgan fingerprint density at radius 2 is 1.86 bits per heavy atom. The number of hydrogen-bond donors (Lipinski definition) is 2. The Hall–Kier alpha value is -1.43. The van der Waals surface area contributed by atoms with Crippen LogP contribution < -0.4 is 5.73 Å². The molecule has 0 fully saturated rings. The Morgan fingerprint density at radius 1 is 1.14 bits per heavy atom. The summed E-state index contributed by atoms with van der Waals surface area (Å²) in [5.41, 5.74) is 6.64. The second-order valence-corrected chi connectivity index (χ2v) is 5.54. The molecule has 0 aliphatic rings. The molecule has 2 aromatic carbocycles. The summed E-state index contributed by atoms with van der Waals surface area (Å²) in [4.78, 5) is 0.908. The molecule has 3 N–H and O–H groups in total. The Balaban J connectivity index is 2.40. The van der Waals surface area contributed by atoms with Crippen LogP contribution in [0, 0.1) is 11.6 Å². The van der Waals surface area contributed by atoms with E-state index in [1.807, 2.05) is 24.5 Å². The van der Waals surface area contributed by atoms with Crippen molar-refractivity contribution in [2.45, 2.75) is 16.9 Å². The molecule has 21 heavy (non-hydrogen) atoms. The quantitative estimate of drug-likeness (QED) is 0.832. The summed E-state index contributed by atoms with van der Waals surface area (Å²) in [6, 6.07) is 10.7. The van der Waals surface area contributed by atoms with Gasteiger partial charge < -0.3 is 10.8 Å². The first-order valence-corrected chi connectivity index (χ1v) is 7.77. The van der Waals surface area contributed by atoms with Crippen molar-refractivity contribution < 1.29 is 13.9 Å². The predicted octanol–water partition coefficient (Wildman–Crippen LogP) is 3.46. The molecule has 0 heterocycles. The molecule has 2 atom stereocenters. The van der Waals surface area contributed by atoms with Crippen molar-refractivity contribution in [3.05, 3.63) is 65.2 Å². The Bertz CT molecular complexity index is 621. The summed E-state index contributed by atoms with van der Waals surface area (Å²) in [7, 11) is 0. The van der Waals surface area contributed by atoms with Crippen LogP contribution in [0.4, 0.5) is 8.78 Å². The van der Waals surface area contributed by atoms with Gasteiger partial charge in [0.25, 0.3) is 0 Å². The molecule has 0 saturated carbocycles. The Morgan fingerprint density at radius 3 is 2.48 bits per heavy atom. The average molecular weight is 309 g/mol. The van der Waals surface area contributed by atoms with E-state index in [1.54, 1.807) is 6.07 Å². The molecule has 2 unspecified atom stereocenters. The summed E-state index contributed by atoms with van der Waals surface area (Å²) in [5, 5.41) is 10.6. The molecular formula is C16H17F2NOS. The van der Waals surface area contributed by atoms with Crippen LogP contribution in [0.3, 0.4) is 0 Å². The number of hydrogen-bond acceptors (Lipinski definition) is 3. The molecule has 0 aliphatic carbocycles. The van der Waals surface area contributed by atoms with Gasteiger partial charge in [0.1, 0.15) is 11.6 Å². The third-order valence-electron chi connectivity index (χ3n) is 3.45. The summed E-state index contributed by atoms with van der Waals surface area (Å²) < 4.78 is 27.0. The largest absolute Gasteiger partial charge is 0.388 e. The molecule has 2 aromatic rings. The van der Waals surface area contributed by atoms with Gasteiger partial charge in [0.05, 0.1) is 6.10 Å². The summed E-state index contributed by atoms with van der Waals surface area (Å²) in [5.74, 6) is -1.96. The number of aliphatic hydroxyl groups is 1. The number of aliphatic hydroxyl groups excluding tert-OH is 1. The van der Waals surface area contributed by atoms with Crippen LogP contribution in [0.2, 0.25) is 0 Å². The average Bonchev–Trinajstić information content (AvgIpc) is 2.49. The monoisotopic (exact) mass is 309 g/mol. The van der Waals surface area contributed by atoms with Gasteiger partial charge in [-0.2, -0.15) is 0 Å². The fraction of sp³-hybridized carbons (Fsp3) is 0.250. The lowest BCUT2D eigenvalue weighted by atomic mass is 9.89. The molecule has 2 nitrogen and oxygen atoms in total. The molecule has 0 aromatic heterocycles. The smallest absolute Gasteiger partial charge is 0.129 e. The molecule has 2 rings (SSSR count). The van der Waals surface area contributed by atoms with Crippen LogP contribution in [0.15, 0.2) is 47.4 Å². The lowest BCUT2D eigenvalue weighted by Crippen LogP contribution is -2.21. The van der Waals surface area contributed by atoms with Gasteiger partial charge in [0.15, 0.2) is 0 Å². The van der Waals surface area contributed by atoms with Crippen molar-refractivity contribution in [2.75, 3.05) is 12.8 Å². The highest BCUT2D eigenvalue weighted by Gasteiger charge is 2.26. The third kappa shape index (κ3) is 3.43. The van der Waals surface area contributed by atoms with Crippen molar-refractivity contribution in [3.63, 3.8) is 0 Å². The highest BCUT2D eigenvalue weighted by Crippen LogP contribution is 2.36. The molecule has 0 bridgehead atoms. The zero-order valence-corrected chi connectivity index (χ0v) is 12.4. The molecule has 112 valence electrons. The highest BCUT2D eigenvalue weighted by molar-refractivity contribution is 7.98. The van der Waals surface area contributed by atoms with Gasteiger partial charge in [-0.25, -0.2) is 8.78 Å². The summed E-state index contributed by atoms with van der Waals surface area (Å²) in [6.07, 6.45) is 0.959. The lowest BCUT2D eigenvalue weighted by molar-refractivity contribution is 0.143. The second-order valence-electron chi connectivity index (χ2n) is 4.69. The summed E-state index contributed by atoms with van der Waals surface area (Å²) in [6.45, 7) is 0.0619. The summed E-state index contributed by atoms with van der Waals surface area (Å²) >= 11 is 1.50. The van der Waals surface area contributed by atoms with Crippen LogP contribution in [0.5, 0.6) is 0 Å². The van der Waals surface area contributed by atoms with Crippen molar-refractivity contribution in [2.24, 2.45) is 5.73 Å². The van der Waals surface area contributed by atoms with E-state index in [2.05, 4.69) is 0 Å². The van der Waals surface area contributed by atoms with Gasteiger partial charge in [0.2, 0.25) is 0 Å². The van der Waals surface area contributed by atoms with Crippen molar-refractivity contribution in [1.29, 1.82) is 0 Å². The van der Waals surface area contributed by atoms with Gasteiger partial charge >= 0.3 is 0 Å². The van der Waals surface area contributed by atoms with E-state index in [0.717, 1.165) is 11.0 Å². The van der Waals surface area contributed by atoms with E-state index >= 15 is 0 Å². The van der Waals surface area contributed by atoms with Gasteiger partial charge in [-0.05, 0) is 29.5 Å². The SMILES string of the molecule is CSc1ccccc1C(O)C(CN)c1ccc(F)cc1F. The van der Waals surface area contributed by atoms with Crippen LogP contribution in [-0.4, -0.2) is 17.9 Å². The van der Waals surface area contributed by atoms with E-state index < -0.39 is 23.7 Å². The fourth-order valence-corrected chi connectivity index (χ4v) is 2.99. The lowest BCUT2D eigenvalue weighted by Gasteiger charge is -2.24. The predicted molar refractivity (Wildman–Crippen MR) is 81.3 cm³/mol. The van der Waals surface area contributed by atoms with E-state index in [9.17, 15) is 13.9 Å². The fourth-order valence-electron chi connectivity index (χ4n) is 2.36. The van der Waals surface area contributed by atoms with Crippen molar-refractivity contribution in [3.8, 4) is 0 Å².